The maximum atomic E-state index is 12.2. The molecule has 27 heavy (non-hydrogen) atoms. The molecule has 4 rings (SSSR count). The van der Waals surface area contributed by atoms with Crippen LogP contribution in [0.1, 0.15) is 11.3 Å². The van der Waals surface area contributed by atoms with E-state index in [-0.39, 0.29) is 11.6 Å². The Balaban J connectivity index is 1.64. The van der Waals surface area contributed by atoms with E-state index < -0.39 is 5.97 Å². The highest BCUT2D eigenvalue weighted by atomic mass is 127. The molecule has 2 heterocycles. The molecule has 0 unspecified atom stereocenters. The number of benzene rings is 2. The summed E-state index contributed by atoms with van der Waals surface area (Å²) < 4.78 is 12.0. The standard InChI is InChI=1S/C20H10Cl2INO3/c21-12-3-1-11(2-4-12)18-8-6-14(26-18)10-17-20(25)27-19(24-17)15-9-13(23)5-7-16(15)22/h1-10H/b17-10-. The Morgan fingerprint density at radius 1 is 1.00 bits per heavy atom. The summed E-state index contributed by atoms with van der Waals surface area (Å²) >= 11 is 14.2. The third-order valence-corrected chi connectivity index (χ3v) is 5.07. The Labute approximate surface area is 178 Å². The number of hydrogen-bond donors (Lipinski definition) is 0. The number of aliphatic imine (C=N–C) groups is 1. The molecule has 0 spiro atoms. The lowest BCUT2D eigenvalue weighted by molar-refractivity contribution is -0.129. The number of rotatable bonds is 3. The Morgan fingerprint density at radius 2 is 1.78 bits per heavy atom. The molecule has 0 saturated heterocycles. The van der Waals surface area contributed by atoms with Gasteiger partial charge in [0.2, 0.25) is 5.90 Å². The zero-order valence-corrected chi connectivity index (χ0v) is 17.2. The summed E-state index contributed by atoms with van der Waals surface area (Å²) in [5.41, 5.74) is 1.60. The second kappa shape index (κ2) is 7.50. The lowest BCUT2D eigenvalue weighted by Gasteiger charge is -2.02. The van der Waals surface area contributed by atoms with Crippen molar-refractivity contribution < 1.29 is 13.9 Å². The number of carbonyl (C=O) groups excluding carboxylic acids is 1. The first-order valence-corrected chi connectivity index (χ1v) is 9.67. The molecule has 1 aliphatic rings. The molecule has 4 nitrogen and oxygen atoms in total. The quantitative estimate of drug-likeness (QED) is 0.240. The van der Waals surface area contributed by atoms with Gasteiger partial charge in [0.1, 0.15) is 11.5 Å². The topological polar surface area (TPSA) is 51.8 Å². The van der Waals surface area contributed by atoms with Crippen molar-refractivity contribution >= 4 is 63.7 Å². The van der Waals surface area contributed by atoms with Crippen molar-refractivity contribution in [2.24, 2.45) is 4.99 Å². The normalized spacial score (nSPS) is 15.1. The lowest BCUT2D eigenvalue weighted by Crippen LogP contribution is -2.06. The summed E-state index contributed by atoms with van der Waals surface area (Å²) in [6.07, 6.45) is 1.54. The first-order chi connectivity index (χ1) is 13.0. The summed E-state index contributed by atoms with van der Waals surface area (Å²) in [6, 6.07) is 16.3. The zero-order valence-electron chi connectivity index (χ0n) is 13.6. The van der Waals surface area contributed by atoms with E-state index in [1.54, 1.807) is 24.3 Å². The molecular formula is C20H10Cl2INO3. The molecule has 2 aromatic carbocycles. The largest absolute Gasteiger partial charge is 0.457 e. The fourth-order valence-electron chi connectivity index (χ4n) is 2.52. The number of halogens is 3. The van der Waals surface area contributed by atoms with Gasteiger partial charge >= 0.3 is 5.97 Å². The van der Waals surface area contributed by atoms with E-state index in [0.29, 0.717) is 27.1 Å². The van der Waals surface area contributed by atoms with Crippen LogP contribution in [-0.2, 0) is 9.53 Å². The van der Waals surface area contributed by atoms with Gasteiger partial charge in [0.05, 0.1) is 10.6 Å². The van der Waals surface area contributed by atoms with Gasteiger partial charge in [-0.25, -0.2) is 9.79 Å². The molecule has 0 N–H and O–H groups in total. The van der Waals surface area contributed by atoms with Crippen LogP contribution in [0.25, 0.3) is 17.4 Å². The van der Waals surface area contributed by atoms with E-state index in [4.69, 9.17) is 32.4 Å². The fourth-order valence-corrected chi connectivity index (χ4v) is 3.34. The van der Waals surface area contributed by atoms with Crippen molar-refractivity contribution in [3.63, 3.8) is 0 Å². The molecule has 0 aliphatic carbocycles. The molecule has 3 aromatic rings. The molecule has 0 atom stereocenters. The maximum absolute atomic E-state index is 12.2. The zero-order chi connectivity index (χ0) is 19.0. The van der Waals surface area contributed by atoms with Crippen LogP contribution in [-0.4, -0.2) is 11.9 Å². The average Bonchev–Trinajstić information content (AvgIpc) is 3.25. The van der Waals surface area contributed by atoms with Gasteiger partial charge in [0.15, 0.2) is 5.70 Å². The number of nitrogens with zero attached hydrogens (tertiary/aromatic N) is 1. The summed E-state index contributed by atoms with van der Waals surface area (Å²) in [6.45, 7) is 0. The SMILES string of the molecule is O=C1OC(c2cc(I)ccc2Cl)=N/C1=C\c1ccc(-c2ccc(Cl)cc2)o1. The highest BCUT2D eigenvalue weighted by molar-refractivity contribution is 14.1. The number of esters is 1. The van der Waals surface area contributed by atoms with Gasteiger partial charge in [-0.3, -0.25) is 0 Å². The third kappa shape index (κ3) is 3.95. The first-order valence-electron chi connectivity index (χ1n) is 7.83. The van der Waals surface area contributed by atoms with Crippen molar-refractivity contribution in [1.82, 2.24) is 0 Å². The van der Waals surface area contributed by atoms with E-state index in [2.05, 4.69) is 27.6 Å². The average molecular weight is 510 g/mol. The highest BCUT2D eigenvalue weighted by Gasteiger charge is 2.26. The van der Waals surface area contributed by atoms with Crippen LogP contribution in [0.15, 0.2) is 69.7 Å². The first kappa shape index (κ1) is 18.3. The number of cyclic esters (lactones) is 1. The number of hydrogen-bond acceptors (Lipinski definition) is 4. The Kier molecular flexibility index (Phi) is 5.08. The third-order valence-electron chi connectivity index (χ3n) is 3.81. The van der Waals surface area contributed by atoms with E-state index in [1.165, 1.54) is 6.08 Å². The van der Waals surface area contributed by atoms with E-state index in [0.717, 1.165) is 9.13 Å². The molecule has 0 amide bonds. The minimum atomic E-state index is -0.552. The minimum Gasteiger partial charge on any atom is -0.457 e. The molecule has 0 fully saturated rings. The predicted molar refractivity (Wildman–Crippen MR) is 114 cm³/mol. The van der Waals surface area contributed by atoms with Crippen molar-refractivity contribution in [3.05, 3.63) is 85.2 Å². The van der Waals surface area contributed by atoms with Crippen LogP contribution >= 0.6 is 45.8 Å². The summed E-state index contributed by atoms with van der Waals surface area (Å²) in [7, 11) is 0. The van der Waals surface area contributed by atoms with Crippen LogP contribution in [0.4, 0.5) is 0 Å². The molecule has 1 aromatic heterocycles. The minimum absolute atomic E-state index is 0.150. The summed E-state index contributed by atoms with van der Waals surface area (Å²) in [5, 5.41) is 1.11. The van der Waals surface area contributed by atoms with Crippen LogP contribution < -0.4 is 0 Å². The Morgan fingerprint density at radius 3 is 2.56 bits per heavy atom. The molecular weight excluding hydrogens is 500 g/mol. The van der Waals surface area contributed by atoms with E-state index in [9.17, 15) is 4.79 Å². The molecule has 7 heteroatoms. The number of furan rings is 1. The number of ether oxygens (including phenoxy) is 1. The second-order valence-corrected chi connectivity index (χ2v) is 7.76. The molecule has 1 aliphatic heterocycles. The molecule has 0 saturated carbocycles. The lowest BCUT2D eigenvalue weighted by atomic mass is 10.2. The van der Waals surface area contributed by atoms with Crippen LogP contribution in [0.5, 0.6) is 0 Å². The van der Waals surface area contributed by atoms with Gasteiger partial charge in [-0.2, -0.15) is 0 Å². The maximum Gasteiger partial charge on any atom is 0.363 e. The monoisotopic (exact) mass is 509 g/mol. The van der Waals surface area contributed by atoms with Gasteiger partial charge < -0.3 is 9.15 Å². The molecule has 134 valence electrons. The van der Waals surface area contributed by atoms with Gasteiger partial charge in [0.25, 0.3) is 0 Å². The van der Waals surface area contributed by atoms with Gasteiger partial charge in [-0.15, -0.1) is 0 Å². The van der Waals surface area contributed by atoms with E-state index in [1.807, 2.05) is 30.3 Å². The molecule has 0 bridgehead atoms. The Bertz CT molecular complexity index is 1100. The molecule has 0 radical (unpaired) electrons. The van der Waals surface area contributed by atoms with Crippen molar-refractivity contribution in [2.75, 3.05) is 0 Å². The van der Waals surface area contributed by atoms with Crippen molar-refractivity contribution in [2.45, 2.75) is 0 Å². The van der Waals surface area contributed by atoms with E-state index >= 15 is 0 Å². The predicted octanol–water partition coefficient (Wildman–Crippen LogP) is 6.20. The highest BCUT2D eigenvalue weighted by Crippen LogP contribution is 2.28. The fraction of sp³-hybridized carbons (Fsp3) is 0. The second-order valence-electron chi connectivity index (χ2n) is 5.67. The Hall–Kier alpha value is -2.09. The van der Waals surface area contributed by atoms with Crippen molar-refractivity contribution in [1.29, 1.82) is 0 Å². The van der Waals surface area contributed by atoms with Crippen molar-refractivity contribution in [3.8, 4) is 11.3 Å². The van der Waals surface area contributed by atoms with Crippen LogP contribution in [0.3, 0.4) is 0 Å². The smallest absolute Gasteiger partial charge is 0.363 e. The van der Waals surface area contributed by atoms with Gasteiger partial charge in [-0.1, -0.05) is 23.2 Å². The number of carbonyl (C=O) groups is 1. The van der Waals surface area contributed by atoms with Gasteiger partial charge in [-0.05, 0) is 77.2 Å². The van der Waals surface area contributed by atoms with Crippen LogP contribution in [0, 0.1) is 3.57 Å². The summed E-state index contributed by atoms with van der Waals surface area (Å²) in [5.74, 6) is 0.781. The van der Waals surface area contributed by atoms with Crippen LogP contribution in [0.2, 0.25) is 10.0 Å². The summed E-state index contributed by atoms with van der Waals surface area (Å²) in [4.78, 5) is 16.4. The van der Waals surface area contributed by atoms with Gasteiger partial charge in [0, 0.05) is 20.2 Å².